The van der Waals surface area contributed by atoms with Crippen molar-refractivity contribution in [2.24, 2.45) is 5.92 Å². The van der Waals surface area contributed by atoms with Crippen molar-refractivity contribution < 1.29 is 0 Å². The fourth-order valence-electron chi connectivity index (χ4n) is 3.99. The molecule has 3 aromatic rings. The van der Waals surface area contributed by atoms with Gasteiger partial charge in [0.05, 0.1) is 10.7 Å². The molecule has 1 aromatic carbocycles. The second kappa shape index (κ2) is 7.04. The van der Waals surface area contributed by atoms with Crippen LogP contribution in [0.1, 0.15) is 37.4 Å². The molecule has 27 heavy (non-hydrogen) atoms. The molecule has 0 atom stereocenters. The average Bonchev–Trinajstić information content (AvgIpc) is 3.35. The van der Waals surface area contributed by atoms with Crippen LogP contribution in [0.4, 0.5) is 0 Å². The van der Waals surface area contributed by atoms with E-state index in [-0.39, 0.29) is 0 Å². The van der Waals surface area contributed by atoms with Crippen molar-refractivity contribution in [1.29, 1.82) is 0 Å². The minimum Gasteiger partial charge on any atom is -0.303 e. The Bertz CT molecular complexity index is 974. The van der Waals surface area contributed by atoms with Crippen LogP contribution in [-0.2, 0) is 0 Å². The zero-order chi connectivity index (χ0) is 18.4. The summed E-state index contributed by atoms with van der Waals surface area (Å²) in [4.78, 5) is 12.0. The van der Waals surface area contributed by atoms with Gasteiger partial charge in [0.1, 0.15) is 12.2 Å². The molecule has 5 nitrogen and oxygen atoms in total. The maximum atomic E-state index is 6.43. The summed E-state index contributed by atoms with van der Waals surface area (Å²) >= 11 is 12.5. The van der Waals surface area contributed by atoms with Crippen molar-refractivity contribution in [2.75, 3.05) is 19.6 Å². The first-order chi connectivity index (χ1) is 13.2. The van der Waals surface area contributed by atoms with Crippen LogP contribution < -0.4 is 0 Å². The number of halogens is 2. The van der Waals surface area contributed by atoms with Gasteiger partial charge in [0.2, 0.25) is 0 Å². The lowest BCUT2D eigenvalue weighted by atomic mass is 9.95. The molecule has 1 saturated heterocycles. The van der Waals surface area contributed by atoms with Crippen LogP contribution in [0.3, 0.4) is 0 Å². The molecule has 7 heteroatoms. The standard InChI is InChI=1S/C20H21Cl2N5/c21-15-3-4-16(17(22)9-15)18-10-19-23-12-24-27(19)20(25-18)14-5-7-26(8-6-14)11-13-1-2-13/h3-4,9-10,12-14H,1-2,5-8,11H2. The van der Waals surface area contributed by atoms with Crippen molar-refractivity contribution in [2.45, 2.75) is 31.6 Å². The molecule has 2 fully saturated rings. The second-order valence-electron chi connectivity index (χ2n) is 7.67. The number of hydrogen-bond donors (Lipinski definition) is 0. The Morgan fingerprint density at radius 1 is 1.04 bits per heavy atom. The van der Waals surface area contributed by atoms with Gasteiger partial charge in [-0.15, -0.1) is 0 Å². The van der Waals surface area contributed by atoms with Crippen LogP contribution >= 0.6 is 23.2 Å². The van der Waals surface area contributed by atoms with E-state index < -0.39 is 0 Å². The number of fused-ring (bicyclic) bond motifs is 1. The average molecular weight is 402 g/mol. The second-order valence-corrected chi connectivity index (χ2v) is 8.52. The van der Waals surface area contributed by atoms with Crippen LogP contribution in [0, 0.1) is 5.92 Å². The number of hydrogen-bond acceptors (Lipinski definition) is 4. The molecular formula is C20H21Cl2N5. The summed E-state index contributed by atoms with van der Waals surface area (Å²) in [6.07, 6.45) is 6.62. The molecule has 0 radical (unpaired) electrons. The Kier molecular flexibility index (Phi) is 4.54. The van der Waals surface area contributed by atoms with Gasteiger partial charge in [0.15, 0.2) is 5.65 Å². The zero-order valence-corrected chi connectivity index (χ0v) is 16.5. The minimum atomic E-state index is 0.385. The maximum Gasteiger partial charge on any atom is 0.159 e. The summed E-state index contributed by atoms with van der Waals surface area (Å²) in [5, 5.41) is 5.64. The summed E-state index contributed by atoms with van der Waals surface area (Å²) in [7, 11) is 0. The lowest BCUT2D eigenvalue weighted by Gasteiger charge is -2.31. The van der Waals surface area contributed by atoms with Crippen molar-refractivity contribution >= 4 is 28.8 Å². The van der Waals surface area contributed by atoms with E-state index in [1.54, 1.807) is 12.4 Å². The fourth-order valence-corrected chi connectivity index (χ4v) is 4.49. The molecule has 140 valence electrons. The van der Waals surface area contributed by atoms with Crippen molar-refractivity contribution in [1.82, 2.24) is 24.5 Å². The van der Waals surface area contributed by atoms with E-state index in [1.807, 2.05) is 22.7 Å². The molecule has 2 aliphatic rings. The lowest BCUT2D eigenvalue weighted by Crippen LogP contribution is -2.35. The van der Waals surface area contributed by atoms with Gasteiger partial charge in [-0.2, -0.15) is 9.61 Å². The largest absolute Gasteiger partial charge is 0.303 e. The highest BCUT2D eigenvalue weighted by molar-refractivity contribution is 6.36. The molecule has 1 aliphatic carbocycles. The van der Waals surface area contributed by atoms with Crippen LogP contribution in [0.2, 0.25) is 10.0 Å². The smallest absolute Gasteiger partial charge is 0.159 e. The van der Waals surface area contributed by atoms with Gasteiger partial charge in [0.25, 0.3) is 0 Å². The fraction of sp³-hybridized carbons (Fsp3) is 0.450. The third-order valence-corrected chi connectivity index (χ3v) is 6.21. The molecule has 0 spiro atoms. The molecular weight excluding hydrogens is 381 g/mol. The SMILES string of the molecule is Clc1ccc(-c2cc3ncnn3c(C3CCN(CC4CC4)CC3)n2)c(Cl)c1. The van der Waals surface area contributed by atoms with Crippen LogP contribution in [0.5, 0.6) is 0 Å². The summed E-state index contributed by atoms with van der Waals surface area (Å²) < 4.78 is 1.88. The first kappa shape index (κ1) is 17.4. The van der Waals surface area contributed by atoms with E-state index in [0.29, 0.717) is 16.0 Å². The zero-order valence-electron chi connectivity index (χ0n) is 15.0. The number of nitrogens with zero attached hydrogens (tertiary/aromatic N) is 5. The Labute approximate surface area is 168 Å². The monoisotopic (exact) mass is 401 g/mol. The topological polar surface area (TPSA) is 46.3 Å². The Balaban J connectivity index is 1.47. The third-order valence-electron chi connectivity index (χ3n) is 5.67. The lowest BCUT2D eigenvalue weighted by molar-refractivity contribution is 0.201. The third kappa shape index (κ3) is 3.56. The van der Waals surface area contributed by atoms with Gasteiger partial charge in [0, 0.05) is 29.1 Å². The number of likely N-dealkylation sites (tertiary alicyclic amines) is 1. The normalized spacial score (nSPS) is 19.0. The van der Waals surface area contributed by atoms with Crippen LogP contribution in [-0.4, -0.2) is 44.1 Å². The molecule has 0 N–H and O–H groups in total. The van der Waals surface area contributed by atoms with Gasteiger partial charge in [-0.25, -0.2) is 9.97 Å². The maximum absolute atomic E-state index is 6.43. The van der Waals surface area contributed by atoms with Crippen molar-refractivity contribution in [3.05, 3.63) is 46.5 Å². The van der Waals surface area contributed by atoms with E-state index in [4.69, 9.17) is 28.2 Å². The Hall–Kier alpha value is -1.69. The van der Waals surface area contributed by atoms with Crippen molar-refractivity contribution in [3.8, 4) is 11.3 Å². The molecule has 1 aliphatic heterocycles. The van der Waals surface area contributed by atoms with Gasteiger partial charge < -0.3 is 4.90 Å². The predicted molar refractivity (Wildman–Crippen MR) is 107 cm³/mol. The quantitative estimate of drug-likeness (QED) is 0.635. The first-order valence-electron chi connectivity index (χ1n) is 9.56. The minimum absolute atomic E-state index is 0.385. The Morgan fingerprint density at radius 2 is 1.85 bits per heavy atom. The number of benzene rings is 1. The van der Waals surface area contributed by atoms with Crippen molar-refractivity contribution in [3.63, 3.8) is 0 Å². The van der Waals surface area contributed by atoms with Gasteiger partial charge in [-0.1, -0.05) is 23.2 Å². The van der Waals surface area contributed by atoms with Crippen LogP contribution in [0.15, 0.2) is 30.6 Å². The van der Waals surface area contributed by atoms with E-state index >= 15 is 0 Å². The molecule has 2 aromatic heterocycles. The molecule has 5 rings (SSSR count). The van der Waals surface area contributed by atoms with Gasteiger partial charge in [-0.3, -0.25) is 0 Å². The molecule has 0 unspecified atom stereocenters. The van der Waals surface area contributed by atoms with Crippen LogP contribution in [0.25, 0.3) is 16.9 Å². The van der Waals surface area contributed by atoms with Gasteiger partial charge >= 0.3 is 0 Å². The molecule has 3 heterocycles. The first-order valence-corrected chi connectivity index (χ1v) is 10.3. The summed E-state index contributed by atoms with van der Waals surface area (Å²) in [5.74, 6) is 2.31. The van der Waals surface area contributed by atoms with E-state index in [9.17, 15) is 0 Å². The summed E-state index contributed by atoms with van der Waals surface area (Å²) in [6, 6.07) is 7.45. The van der Waals surface area contributed by atoms with E-state index in [2.05, 4.69) is 15.0 Å². The highest BCUT2D eigenvalue weighted by atomic mass is 35.5. The van der Waals surface area contributed by atoms with Gasteiger partial charge in [-0.05, 0) is 62.9 Å². The predicted octanol–water partition coefficient (Wildman–Crippen LogP) is 4.69. The summed E-state index contributed by atoms with van der Waals surface area (Å²) in [5.41, 5.74) is 2.51. The highest BCUT2D eigenvalue weighted by Gasteiger charge is 2.29. The molecule has 1 saturated carbocycles. The molecule has 0 amide bonds. The number of piperidine rings is 1. The highest BCUT2D eigenvalue weighted by Crippen LogP contribution is 2.35. The van der Waals surface area contributed by atoms with E-state index in [1.165, 1.54) is 19.4 Å². The summed E-state index contributed by atoms with van der Waals surface area (Å²) in [6.45, 7) is 3.52. The number of aromatic nitrogens is 4. The van der Waals surface area contributed by atoms with E-state index in [0.717, 1.165) is 54.6 Å². The number of rotatable bonds is 4. The Morgan fingerprint density at radius 3 is 2.59 bits per heavy atom. The molecule has 0 bridgehead atoms.